The molecule has 1 aliphatic rings. The number of hydrogen-bond acceptors (Lipinski definition) is 9. The highest BCUT2D eigenvalue weighted by Crippen LogP contribution is 2.40. The molecule has 0 radical (unpaired) electrons. The number of aromatic nitrogens is 8. The Morgan fingerprint density at radius 3 is 2.83 bits per heavy atom. The Morgan fingerprint density at radius 2 is 2.10 bits per heavy atom. The molecule has 1 aliphatic carbocycles. The van der Waals surface area contributed by atoms with E-state index in [2.05, 4.69) is 25.7 Å². The quantitative estimate of drug-likeness (QED) is 0.463. The van der Waals surface area contributed by atoms with Crippen molar-refractivity contribution < 1.29 is 14.0 Å². The Bertz CT molecular complexity index is 1140. The van der Waals surface area contributed by atoms with Crippen LogP contribution in [-0.2, 0) is 13.7 Å². The Labute approximate surface area is 165 Å². The summed E-state index contributed by atoms with van der Waals surface area (Å²) < 4.78 is 19.9. The summed E-state index contributed by atoms with van der Waals surface area (Å²) in [5, 5.41) is 25.0. The number of nitrogens with zero attached hydrogens (tertiary/aromatic N) is 8. The van der Waals surface area contributed by atoms with Gasteiger partial charge in [-0.15, -0.1) is 20.4 Å². The van der Waals surface area contributed by atoms with Crippen LogP contribution in [0.2, 0.25) is 0 Å². The third-order valence-corrected chi connectivity index (χ3v) is 5.10. The average Bonchev–Trinajstić information content (AvgIpc) is 3.38. The normalized spacial score (nSPS) is 14.3. The lowest BCUT2D eigenvalue weighted by atomic mass is 9.80. The molecular weight excluding hydrogens is 376 g/mol. The second-order valence-corrected chi connectivity index (χ2v) is 6.93. The third kappa shape index (κ3) is 3.18. The van der Waals surface area contributed by atoms with E-state index in [1.54, 1.807) is 21.5 Å². The maximum absolute atomic E-state index is 6.07. The molecule has 11 nitrogen and oxygen atoms in total. The average molecular weight is 396 g/mol. The van der Waals surface area contributed by atoms with Gasteiger partial charge in [-0.3, -0.25) is 0 Å². The molecule has 0 bridgehead atoms. The van der Waals surface area contributed by atoms with Gasteiger partial charge < -0.3 is 14.0 Å². The summed E-state index contributed by atoms with van der Waals surface area (Å²) >= 11 is 0. The van der Waals surface area contributed by atoms with Crippen LogP contribution in [0, 0.1) is 0 Å². The van der Waals surface area contributed by atoms with E-state index in [4.69, 9.17) is 19.1 Å². The molecular formula is C18H20N8O3. The number of rotatable bonds is 7. The van der Waals surface area contributed by atoms with Crippen LogP contribution in [0.5, 0.6) is 11.8 Å². The summed E-state index contributed by atoms with van der Waals surface area (Å²) in [6, 6.07) is 3.66. The lowest BCUT2D eigenvalue weighted by molar-refractivity contribution is 0.226. The molecule has 1 saturated carbocycles. The van der Waals surface area contributed by atoms with Crippen LogP contribution in [0.15, 0.2) is 22.9 Å². The number of aryl methyl sites for hydroxylation is 1. The van der Waals surface area contributed by atoms with Gasteiger partial charge in [0.2, 0.25) is 11.7 Å². The van der Waals surface area contributed by atoms with Crippen molar-refractivity contribution in [3.05, 3.63) is 29.6 Å². The van der Waals surface area contributed by atoms with Crippen molar-refractivity contribution in [3.8, 4) is 23.3 Å². The fourth-order valence-electron chi connectivity index (χ4n) is 3.27. The van der Waals surface area contributed by atoms with Gasteiger partial charge in [0.1, 0.15) is 6.61 Å². The van der Waals surface area contributed by atoms with E-state index < -0.39 is 0 Å². The topological polar surface area (TPSA) is 118 Å². The largest absolute Gasteiger partial charge is 0.470 e. The first kappa shape index (κ1) is 17.6. The number of fused-ring (bicyclic) bond motifs is 1. The van der Waals surface area contributed by atoms with Crippen molar-refractivity contribution in [1.29, 1.82) is 0 Å². The minimum atomic E-state index is 0.317. The highest BCUT2D eigenvalue weighted by molar-refractivity contribution is 5.56. The van der Waals surface area contributed by atoms with Gasteiger partial charge in [0.25, 0.3) is 0 Å². The Kier molecular flexibility index (Phi) is 4.34. The molecule has 0 N–H and O–H groups in total. The van der Waals surface area contributed by atoms with Crippen LogP contribution >= 0.6 is 0 Å². The van der Waals surface area contributed by atoms with Crippen LogP contribution in [0.1, 0.15) is 43.4 Å². The van der Waals surface area contributed by atoms with Crippen molar-refractivity contribution in [1.82, 2.24) is 40.0 Å². The highest BCUT2D eigenvalue weighted by atomic mass is 16.6. The molecule has 0 atom stereocenters. The second kappa shape index (κ2) is 7.15. The summed E-state index contributed by atoms with van der Waals surface area (Å²) in [4.78, 5) is 0. The molecule has 0 aromatic carbocycles. The molecule has 0 amide bonds. The fraction of sp³-hybridized carbons (Fsp3) is 0.444. The van der Waals surface area contributed by atoms with Gasteiger partial charge in [-0.2, -0.15) is 4.52 Å². The number of ether oxygens (including phenoxy) is 2. The van der Waals surface area contributed by atoms with Gasteiger partial charge in [0.05, 0.1) is 24.6 Å². The first-order valence-electron chi connectivity index (χ1n) is 9.55. The Hall–Kier alpha value is -3.50. The molecule has 4 aromatic rings. The smallest absolute Gasteiger partial charge is 0.311 e. The molecule has 29 heavy (non-hydrogen) atoms. The molecule has 0 aliphatic heterocycles. The van der Waals surface area contributed by atoms with Gasteiger partial charge in [0, 0.05) is 12.6 Å². The predicted molar refractivity (Wildman–Crippen MR) is 99.4 cm³/mol. The SMILES string of the molecule is CCOc1cc(-c2nnc3cc(C4CCC4)c(OCc4cnnn4C)nn23)no1. The summed E-state index contributed by atoms with van der Waals surface area (Å²) in [7, 11) is 1.83. The van der Waals surface area contributed by atoms with Gasteiger partial charge in [-0.25, -0.2) is 4.68 Å². The van der Waals surface area contributed by atoms with Crippen LogP contribution in [0.25, 0.3) is 17.2 Å². The minimum Gasteiger partial charge on any atom is -0.470 e. The molecule has 0 saturated heterocycles. The molecule has 150 valence electrons. The molecule has 0 spiro atoms. The van der Waals surface area contributed by atoms with Crippen molar-refractivity contribution >= 4 is 5.65 Å². The van der Waals surface area contributed by atoms with Gasteiger partial charge in [-0.05, 0) is 31.7 Å². The van der Waals surface area contributed by atoms with E-state index in [0.29, 0.717) is 48.1 Å². The summed E-state index contributed by atoms with van der Waals surface area (Å²) in [6.07, 6.45) is 5.11. The molecule has 4 heterocycles. The van der Waals surface area contributed by atoms with Crippen molar-refractivity contribution in [2.24, 2.45) is 7.05 Å². The van der Waals surface area contributed by atoms with Gasteiger partial charge >= 0.3 is 5.95 Å². The van der Waals surface area contributed by atoms with Crippen molar-refractivity contribution in [3.63, 3.8) is 0 Å². The maximum atomic E-state index is 6.07. The third-order valence-electron chi connectivity index (χ3n) is 5.10. The first-order chi connectivity index (χ1) is 14.2. The van der Waals surface area contributed by atoms with Crippen molar-refractivity contribution in [2.75, 3.05) is 6.61 Å². The molecule has 5 rings (SSSR count). The lowest BCUT2D eigenvalue weighted by Crippen LogP contribution is -2.14. The second-order valence-electron chi connectivity index (χ2n) is 6.93. The summed E-state index contributed by atoms with van der Waals surface area (Å²) in [5.74, 6) is 1.76. The van der Waals surface area contributed by atoms with Gasteiger partial charge in [-0.1, -0.05) is 16.8 Å². The number of hydrogen-bond donors (Lipinski definition) is 0. The van der Waals surface area contributed by atoms with Gasteiger partial charge in [0.15, 0.2) is 11.3 Å². The predicted octanol–water partition coefficient (Wildman–Crippen LogP) is 2.15. The molecule has 11 heteroatoms. The standard InChI is InChI=1S/C18H20N8O3/c1-3-27-16-8-14(23-29-16)17-21-20-15-7-13(11-5-4-6-11)18(22-26(15)17)28-10-12-9-19-24-25(12)2/h7-9,11H,3-6,10H2,1-2H3. The fourth-order valence-corrected chi connectivity index (χ4v) is 3.27. The zero-order valence-electron chi connectivity index (χ0n) is 16.1. The zero-order chi connectivity index (χ0) is 19.8. The Morgan fingerprint density at radius 1 is 1.21 bits per heavy atom. The van der Waals surface area contributed by atoms with E-state index in [1.807, 2.05) is 20.0 Å². The lowest BCUT2D eigenvalue weighted by Gasteiger charge is -2.26. The molecule has 1 fully saturated rings. The van der Waals surface area contributed by atoms with Crippen LogP contribution in [0.4, 0.5) is 0 Å². The molecule has 0 unspecified atom stereocenters. The van der Waals surface area contributed by atoms with Crippen LogP contribution in [-0.4, -0.2) is 46.6 Å². The van der Waals surface area contributed by atoms with E-state index >= 15 is 0 Å². The van der Waals surface area contributed by atoms with Crippen LogP contribution in [0.3, 0.4) is 0 Å². The molecule has 4 aromatic heterocycles. The van der Waals surface area contributed by atoms with E-state index in [0.717, 1.165) is 24.1 Å². The van der Waals surface area contributed by atoms with E-state index in [1.165, 1.54) is 6.42 Å². The first-order valence-corrected chi connectivity index (χ1v) is 9.55. The van der Waals surface area contributed by atoms with Crippen molar-refractivity contribution in [2.45, 2.75) is 38.7 Å². The maximum Gasteiger partial charge on any atom is 0.311 e. The Balaban J connectivity index is 1.53. The minimum absolute atomic E-state index is 0.317. The van der Waals surface area contributed by atoms with Crippen LogP contribution < -0.4 is 9.47 Å². The van der Waals surface area contributed by atoms with E-state index in [9.17, 15) is 0 Å². The van der Waals surface area contributed by atoms with E-state index in [-0.39, 0.29) is 0 Å². The zero-order valence-corrected chi connectivity index (χ0v) is 16.1. The summed E-state index contributed by atoms with van der Waals surface area (Å²) in [5.41, 5.74) is 3.03. The highest BCUT2D eigenvalue weighted by Gasteiger charge is 2.26. The summed E-state index contributed by atoms with van der Waals surface area (Å²) in [6.45, 7) is 2.68. The monoisotopic (exact) mass is 396 g/mol.